The Morgan fingerprint density at radius 3 is 2.57 bits per heavy atom. The normalized spacial score (nSPS) is 19.5. The van der Waals surface area contributed by atoms with Gasteiger partial charge in [-0.2, -0.15) is 0 Å². The van der Waals surface area contributed by atoms with Crippen LogP contribution in [0.5, 0.6) is 5.75 Å². The number of carbonyl (C=O) groups excluding carboxylic acids is 1. The lowest BCUT2D eigenvalue weighted by Crippen LogP contribution is -2.42. The molecule has 0 radical (unpaired) electrons. The van der Waals surface area contributed by atoms with Crippen molar-refractivity contribution in [2.24, 2.45) is 0 Å². The van der Waals surface area contributed by atoms with Gasteiger partial charge in [0.2, 0.25) is 0 Å². The van der Waals surface area contributed by atoms with Gasteiger partial charge in [0.1, 0.15) is 5.75 Å². The second kappa shape index (κ2) is 6.08. The molecule has 3 nitrogen and oxygen atoms in total. The van der Waals surface area contributed by atoms with Crippen LogP contribution in [-0.2, 0) is 5.41 Å². The molecule has 1 saturated heterocycles. The highest BCUT2D eigenvalue weighted by Crippen LogP contribution is 2.30. The molecular formula is C18H27NO2. The first-order valence-corrected chi connectivity index (χ1v) is 7.84. The van der Waals surface area contributed by atoms with E-state index >= 15 is 0 Å². The van der Waals surface area contributed by atoms with Crippen molar-refractivity contribution in [1.82, 2.24) is 4.90 Å². The zero-order valence-electron chi connectivity index (χ0n) is 13.9. The molecule has 3 heteroatoms. The number of benzene rings is 1. The van der Waals surface area contributed by atoms with Crippen LogP contribution in [-0.4, -0.2) is 30.5 Å². The average molecular weight is 289 g/mol. The number of piperidine rings is 1. The van der Waals surface area contributed by atoms with E-state index in [1.807, 2.05) is 17.0 Å². The van der Waals surface area contributed by atoms with E-state index in [0.29, 0.717) is 17.4 Å². The minimum absolute atomic E-state index is 0.0226. The third kappa shape index (κ3) is 3.39. The number of likely N-dealkylation sites (tertiary alicyclic amines) is 1. The smallest absolute Gasteiger partial charge is 0.257 e. The van der Waals surface area contributed by atoms with Crippen LogP contribution in [0.4, 0.5) is 0 Å². The van der Waals surface area contributed by atoms with Crippen LogP contribution in [0.1, 0.15) is 62.9 Å². The molecule has 0 spiro atoms. The van der Waals surface area contributed by atoms with Crippen LogP contribution < -0.4 is 4.74 Å². The molecular weight excluding hydrogens is 262 g/mol. The fraction of sp³-hybridized carbons (Fsp3) is 0.611. The number of carbonyl (C=O) groups is 1. The van der Waals surface area contributed by atoms with E-state index in [2.05, 4.69) is 33.8 Å². The number of hydrogen-bond acceptors (Lipinski definition) is 2. The van der Waals surface area contributed by atoms with E-state index in [1.54, 1.807) is 7.11 Å². The molecule has 0 aromatic heterocycles. The Morgan fingerprint density at radius 1 is 1.29 bits per heavy atom. The van der Waals surface area contributed by atoms with Gasteiger partial charge in [0.15, 0.2) is 0 Å². The number of methoxy groups -OCH3 is 1. The van der Waals surface area contributed by atoms with Crippen molar-refractivity contribution in [2.45, 2.75) is 58.4 Å². The Morgan fingerprint density at radius 2 is 2.00 bits per heavy atom. The summed E-state index contributed by atoms with van der Waals surface area (Å²) >= 11 is 0. The van der Waals surface area contributed by atoms with Crippen molar-refractivity contribution in [3.8, 4) is 5.75 Å². The van der Waals surface area contributed by atoms with Crippen molar-refractivity contribution in [1.29, 1.82) is 0 Å². The number of ether oxygens (including phenoxy) is 1. The van der Waals surface area contributed by atoms with Crippen LogP contribution in [0.3, 0.4) is 0 Å². The molecule has 2 rings (SSSR count). The third-order valence-corrected chi connectivity index (χ3v) is 4.36. The minimum atomic E-state index is 0.0226. The van der Waals surface area contributed by atoms with E-state index in [1.165, 1.54) is 6.42 Å². The van der Waals surface area contributed by atoms with Gasteiger partial charge in [0.25, 0.3) is 5.91 Å². The summed E-state index contributed by atoms with van der Waals surface area (Å²) in [6, 6.07) is 6.29. The molecule has 0 bridgehead atoms. The van der Waals surface area contributed by atoms with E-state index in [9.17, 15) is 4.79 Å². The van der Waals surface area contributed by atoms with Crippen LogP contribution in [0, 0.1) is 0 Å². The quantitative estimate of drug-likeness (QED) is 0.823. The first-order chi connectivity index (χ1) is 9.84. The van der Waals surface area contributed by atoms with E-state index in [0.717, 1.165) is 24.9 Å². The molecule has 0 unspecified atom stereocenters. The molecule has 1 aromatic carbocycles. The van der Waals surface area contributed by atoms with Crippen LogP contribution >= 0.6 is 0 Å². The Bertz CT molecular complexity index is 516. The monoisotopic (exact) mass is 289 g/mol. The molecule has 1 fully saturated rings. The van der Waals surface area contributed by atoms with Crippen molar-refractivity contribution in [3.05, 3.63) is 29.3 Å². The molecule has 0 aliphatic carbocycles. The van der Waals surface area contributed by atoms with Crippen molar-refractivity contribution >= 4 is 5.91 Å². The summed E-state index contributed by atoms with van der Waals surface area (Å²) in [5.74, 6) is 0.774. The summed E-state index contributed by atoms with van der Waals surface area (Å²) in [7, 11) is 1.63. The van der Waals surface area contributed by atoms with Gasteiger partial charge in [0.05, 0.1) is 12.7 Å². The second-order valence-electron chi connectivity index (χ2n) is 7.01. The highest BCUT2D eigenvalue weighted by atomic mass is 16.5. The van der Waals surface area contributed by atoms with Crippen molar-refractivity contribution in [2.75, 3.05) is 13.7 Å². The molecule has 1 amide bonds. The zero-order valence-corrected chi connectivity index (χ0v) is 13.9. The average Bonchev–Trinajstić information content (AvgIpc) is 2.45. The maximum absolute atomic E-state index is 12.9. The standard InChI is InChI=1S/C18H27NO2/c1-13-8-6-7-11-19(13)17(20)15-12-14(18(2,3)4)9-10-16(15)21-5/h9-10,12-13H,6-8,11H2,1-5H3/t13-/m0/s1. The Balaban J connectivity index is 2.38. The van der Waals surface area contributed by atoms with Gasteiger partial charge in [-0.3, -0.25) is 4.79 Å². The fourth-order valence-corrected chi connectivity index (χ4v) is 2.90. The lowest BCUT2D eigenvalue weighted by atomic mass is 9.85. The molecule has 1 aliphatic heterocycles. The molecule has 1 atom stereocenters. The second-order valence-corrected chi connectivity index (χ2v) is 7.01. The van der Waals surface area contributed by atoms with Crippen LogP contribution in [0.25, 0.3) is 0 Å². The maximum Gasteiger partial charge on any atom is 0.257 e. The van der Waals surface area contributed by atoms with Gasteiger partial charge in [-0.15, -0.1) is 0 Å². The van der Waals surface area contributed by atoms with E-state index in [-0.39, 0.29) is 11.3 Å². The fourth-order valence-electron chi connectivity index (χ4n) is 2.90. The topological polar surface area (TPSA) is 29.5 Å². The van der Waals surface area contributed by atoms with Gasteiger partial charge in [-0.25, -0.2) is 0 Å². The number of hydrogen-bond donors (Lipinski definition) is 0. The summed E-state index contributed by atoms with van der Waals surface area (Å²) < 4.78 is 5.41. The number of rotatable bonds is 2. The summed E-state index contributed by atoms with van der Waals surface area (Å²) in [5.41, 5.74) is 1.88. The summed E-state index contributed by atoms with van der Waals surface area (Å²) in [4.78, 5) is 14.9. The predicted molar refractivity (Wildman–Crippen MR) is 86.0 cm³/mol. The Hall–Kier alpha value is -1.51. The molecule has 0 saturated carbocycles. The zero-order chi connectivity index (χ0) is 15.6. The molecule has 1 aliphatic rings. The molecule has 21 heavy (non-hydrogen) atoms. The van der Waals surface area contributed by atoms with Crippen LogP contribution in [0.2, 0.25) is 0 Å². The first kappa shape index (κ1) is 15.9. The van der Waals surface area contributed by atoms with Crippen molar-refractivity contribution < 1.29 is 9.53 Å². The van der Waals surface area contributed by atoms with Gasteiger partial charge >= 0.3 is 0 Å². The van der Waals surface area contributed by atoms with Crippen LogP contribution in [0.15, 0.2) is 18.2 Å². The Labute approximate surface area is 128 Å². The van der Waals surface area contributed by atoms with E-state index in [4.69, 9.17) is 4.74 Å². The van der Waals surface area contributed by atoms with Gasteiger partial charge in [-0.1, -0.05) is 26.8 Å². The van der Waals surface area contributed by atoms with Crippen molar-refractivity contribution in [3.63, 3.8) is 0 Å². The highest BCUT2D eigenvalue weighted by molar-refractivity contribution is 5.97. The largest absolute Gasteiger partial charge is 0.496 e. The lowest BCUT2D eigenvalue weighted by molar-refractivity contribution is 0.0632. The van der Waals surface area contributed by atoms with Gasteiger partial charge < -0.3 is 9.64 Å². The van der Waals surface area contributed by atoms with Gasteiger partial charge in [-0.05, 0) is 49.3 Å². The number of amides is 1. The Kier molecular flexibility index (Phi) is 4.60. The molecule has 1 heterocycles. The number of nitrogens with zero attached hydrogens (tertiary/aromatic N) is 1. The summed E-state index contributed by atoms with van der Waals surface area (Å²) in [5, 5.41) is 0. The molecule has 116 valence electrons. The third-order valence-electron chi connectivity index (χ3n) is 4.36. The predicted octanol–water partition coefficient (Wildman–Crippen LogP) is 4.01. The summed E-state index contributed by atoms with van der Waals surface area (Å²) in [6.45, 7) is 9.46. The first-order valence-electron chi connectivity index (χ1n) is 7.84. The van der Waals surface area contributed by atoms with Gasteiger partial charge in [0, 0.05) is 12.6 Å². The summed E-state index contributed by atoms with van der Waals surface area (Å²) in [6.07, 6.45) is 3.40. The lowest BCUT2D eigenvalue weighted by Gasteiger charge is -2.34. The SMILES string of the molecule is COc1ccc(C(C)(C)C)cc1C(=O)N1CCCC[C@@H]1C. The maximum atomic E-state index is 12.9. The minimum Gasteiger partial charge on any atom is -0.496 e. The molecule has 1 aromatic rings. The van der Waals surface area contributed by atoms with E-state index < -0.39 is 0 Å². The molecule has 0 N–H and O–H groups in total. The highest BCUT2D eigenvalue weighted by Gasteiger charge is 2.27.